The Bertz CT molecular complexity index is 1590. The van der Waals surface area contributed by atoms with Crippen LogP contribution in [0.25, 0.3) is 10.9 Å². The lowest BCUT2D eigenvalue weighted by Gasteiger charge is -2.29. The molecule has 2 amide bonds. The average Bonchev–Trinajstić information content (AvgIpc) is 3.42. The summed E-state index contributed by atoms with van der Waals surface area (Å²) in [5.74, 6) is -1.03. The molecule has 3 aromatic rings. The Morgan fingerprint density at radius 3 is 2.61 bits per heavy atom. The molecule has 0 saturated carbocycles. The van der Waals surface area contributed by atoms with Gasteiger partial charge in [-0.25, -0.2) is 9.24 Å². The number of fused-ring (bicyclic) bond motifs is 1. The van der Waals surface area contributed by atoms with Crippen molar-refractivity contribution in [2.45, 2.75) is 39.3 Å². The Balaban J connectivity index is 1.35. The predicted molar refractivity (Wildman–Crippen MR) is 151 cm³/mol. The smallest absolute Gasteiger partial charge is 0.259 e. The highest BCUT2D eigenvalue weighted by molar-refractivity contribution is 7.81. The number of anilines is 2. The second kappa shape index (κ2) is 9.51. The van der Waals surface area contributed by atoms with Gasteiger partial charge < -0.3 is 10.2 Å². The minimum atomic E-state index is -1.06. The number of nitrogens with zero attached hydrogens (tertiary/aromatic N) is 3. The van der Waals surface area contributed by atoms with Crippen molar-refractivity contribution in [1.82, 2.24) is 5.32 Å². The normalized spacial score (nSPS) is 15.6. The van der Waals surface area contributed by atoms with Gasteiger partial charge in [-0.15, -0.1) is 0 Å². The first-order valence-electron chi connectivity index (χ1n) is 12.1. The molecule has 190 valence electrons. The highest BCUT2D eigenvalue weighted by Crippen LogP contribution is 2.38. The van der Waals surface area contributed by atoms with Crippen LogP contribution in [0.15, 0.2) is 60.7 Å². The summed E-state index contributed by atoms with van der Waals surface area (Å²) < 4.78 is 15.2. The lowest BCUT2D eigenvalue weighted by molar-refractivity contribution is -0.120. The van der Waals surface area contributed by atoms with Crippen LogP contribution in [0, 0.1) is 19.3 Å². The minimum Gasteiger partial charge on any atom is -0.348 e. The zero-order valence-corrected chi connectivity index (χ0v) is 22.0. The molecular formula is C30H25FN4O2S. The van der Waals surface area contributed by atoms with Gasteiger partial charge in [-0.05, 0) is 92.5 Å². The third-order valence-corrected chi connectivity index (χ3v) is 7.37. The van der Waals surface area contributed by atoms with Gasteiger partial charge in [0.15, 0.2) is 10.8 Å². The summed E-state index contributed by atoms with van der Waals surface area (Å²) in [5, 5.41) is 3.01. The van der Waals surface area contributed by atoms with Crippen LogP contribution in [0.1, 0.15) is 46.5 Å². The highest BCUT2D eigenvalue weighted by Gasteiger charge is 2.50. The molecule has 5 rings (SSSR count). The van der Waals surface area contributed by atoms with Crippen molar-refractivity contribution < 1.29 is 14.0 Å². The van der Waals surface area contributed by atoms with Crippen LogP contribution in [0.2, 0.25) is 0 Å². The quantitative estimate of drug-likeness (QED) is 0.324. The first-order valence-corrected chi connectivity index (χ1v) is 12.6. The number of halogens is 1. The van der Waals surface area contributed by atoms with Crippen molar-refractivity contribution in [3.05, 3.63) is 106 Å². The number of carbonyl (C=O) groups is 2. The van der Waals surface area contributed by atoms with Crippen LogP contribution in [0.4, 0.5) is 21.5 Å². The molecule has 38 heavy (non-hydrogen) atoms. The van der Waals surface area contributed by atoms with Gasteiger partial charge in [0.05, 0.1) is 6.57 Å². The Morgan fingerprint density at radius 1 is 1.13 bits per heavy atom. The first kappa shape index (κ1) is 25.3. The van der Waals surface area contributed by atoms with E-state index < -0.39 is 11.4 Å². The van der Waals surface area contributed by atoms with Gasteiger partial charge in [-0.2, -0.15) is 0 Å². The van der Waals surface area contributed by atoms with Crippen molar-refractivity contribution in [3.63, 3.8) is 0 Å². The SMILES string of the molecule is [C-]#[N+]c1ccc(N2C(=O)C(C)(C)N(c3ccc(CNC(=O)c4ccc5c(c4)CC=C5)c(F)c3)C2=S)cc1C. The number of rotatable bonds is 5. The summed E-state index contributed by atoms with van der Waals surface area (Å²) in [4.78, 5) is 32.6. The molecule has 0 aromatic heterocycles. The lowest BCUT2D eigenvalue weighted by atomic mass is 10.0. The third kappa shape index (κ3) is 4.25. The topological polar surface area (TPSA) is 57.0 Å². The van der Waals surface area contributed by atoms with Crippen molar-refractivity contribution in [2.24, 2.45) is 0 Å². The molecule has 0 atom stereocenters. The number of thiocarbonyl (C=S) groups is 1. The highest BCUT2D eigenvalue weighted by atomic mass is 32.1. The first-order chi connectivity index (χ1) is 18.1. The van der Waals surface area contributed by atoms with E-state index in [1.807, 2.05) is 18.2 Å². The van der Waals surface area contributed by atoms with Gasteiger partial charge in [-0.3, -0.25) is 14.5 Å². The molecular weight excluding hydrogens is 499 g/mol. The standard InChI is InChI=1S/C30H25FN4O2S/c1-18-14-23(12-13-26(18)32-4)34-28(37)30(2,3)35(29(34)38)24-11-10-22(25(31)16-24)17-33-27(36)21-9-8-19-6-5-7-20(19)15-21/h5-6,8-16H,7,17H2,1-3H3,(H,33,36). The molecule has 3 aromatic carbocycles. The summed E-state index contributed by atoms with van der Waals surface area (Å²) in [7, 11) is 0. The van der Waals surface area contributed by atoms with Crippen LogP contribution < -0.4 is 15.1 Å². The summed E-state index contributed by atoms with van der Waals surface area (Å²) in [5.41, 5.74) is 4.23. The second-order valence-electron chi connectivity index (χ2n) is 9.88. The van der Waals surface area contributed by atoms with E-state index in [9.17, 15) is 9.59 Å². The number of hydrogen-bond acceptors (Lipinski definition) is 3. The van der Waals surface area contributed by atoms with Crippen molar-refractivity contribution in [1.29, 1.82) is 0 Å². The van der Waals surface area contributed by atoms with E-state index in [-0.39, 0.29) is 23.5 Å². The average molecular weight is 525 g/mol. The van der Waals surface area contributed by atoms with E-state index in [4.69, 9.17) is 18.8 Å². The molecule has 8 heteroatoms. The lowest BCUT2D eigenvalue weighted by Crippen LogP contribution is -2.44. The zero-order chi connectivity index (χ0) is 27.2. The summed E-state index contributed by atoms with van der Waals surface area (Å²) in [6.07, 6.45) is 4.88. The van der Waals surface area contributed by atoms with Crippen LogP contribution in [-0.4, -0.2) is 22.5 Å². The third-order valence-electron chi connectivity index (χ3n) is 7.00. The number of aryl methyl sites for hydroxylation is 1. The maximum Gasteiger partial charge on any atom is 0.259 e. The van der Waals surface area contributed by atoms with Gasteiger partial charge >= 0.3 is 0 Å². The van der Waals surface area contributed by atoms with Crippen molar-refractivity contribution >= 4 is 52.3 Å². The van der Waals surface area contributed by atoms with E-state index >= 15 is 4.39 Å². The van der Waals surface area contributed by atoms with Crippen LogP contribution in [-0.2, 0) is 17.8 Å². The van der Waals surface area contributed by atoms with Gasteiger partial charge in [0.25, 0.3) is 11.8 Å². The van der Waals surface area contributed by atoms with E-state index in [0.717, 1.165) is 23.1 Å². The van der Waals surface area contributed by atoms with Crippen molar-refractivity contribution in [3.8, 4) is 0 Å². The molecule has 1 heterocycles. The fraction of sp³-hybridized carbons (Fsp3) is 0.200. The molecule has 0 bridgehead atoms. The number of hydrogen-bond donors (Lipinski definition) is 1. The molecule has 1 saturated heterocycles. The predicted octanol–water partition coefficient (Wildman–Crippen LogP) is 6.10. The molecule has 1 fully saturated rings. The summed E-state index contributed by atoms with van der Waals surface area (Å²) in [6.45, 7) is 12.6. The second-order valence-corrected chi connectivity index (χ2v) is 10.2. The van der Waals surface area contributed by atoms with Crippen LogP contribution >= 0.6 is 12.2 Å². The van der Waals surface area contributed by atoms with E-state index in [1.54, 1.807) is 62.1 Å². The Kier molecular flexibility index (Phi) is 6.33. The summed E-state index contributed by atoms with van der Waals surface area (Å²) >= 11 is 5.69. The van der Waals surface area contributed by atoms with Crippen LogP contribution in [0.3, 0.4) is 0 Å². The molecule has 1 N–H and O–H groups in total. The molecule has 1 aliphatic heterocycles. The van der Waals surface area contributed by atoms with Crippen molar-refractivity contribution in [2.75, 3.05) is 9.80 Å². The molecule has 1 aliphatic carbocycles. The van der Waals surface area contributed by atoms with Gasteiger partial charge in [0.1, 0.15) is 11.4 Å². The molecule has 6 nitrogen and oxygen atoms in total. The zero-order valence-electron chi connectivity index (χ0n) is 21.2. The Labute approximate surface area is 226 Å². The van der Waals surface area contributed by atoms with Gasteiger partial charge in [-0.1, -0.05) is 30.4 Å². The van der Waals surface area contributed by atoms with E-state index in [0.29, 0.717) is 28.2 Å². The van der Waals surface area contributed by atoms with E-state index in [1.165, 1.54) is 11.0 Å². The molecule has 2 aliphatic rings. The number of amides is 2. The monoisotopic (exact) mass is 524 g/mol. The fourth-order valence-corrected chi connectivity index (χ4v) is 5.38. The molecule has 0 spiro atoms. The van der Waals surface area contributed by atoms with Crippen LogP contribution in [0.5, 0.6) is 0 Å². The maximum atomic E-state index is 15.2. The molecule has 0 unspecified atom stereocenters. The number of nitrogens with one attached hydrogen (secondary N) is 1. The van der Waals surface area contributed by atoms with Gasteiger partial charge in [0.2, 0.25) is 0 Å². The number of carbonyl (C=O) groups excluding carboxylic acids is 2. The largest absolute Gasteiger partial charge is 0.348 e. The number of benzene rings is 3. The Morgan fingerprint density at radius 2 is 1.89 bits per heavy atom. The summed E-state index contributed by atoms with van der Waals surface area (Å²) in [6, 6.07) is 15.3. The minimum absolute atomic E-state index is 0.0197. The van der Waals surface area contributed by atoms with E-state index in [2.05, 4.69) is 16.2 Å². The number of allylic oxidation sites excluding steroid dienone is 1. The molecule has 0 radical (unpaired) electrons. The Hall–Kier alpha value is -4.35. The maximum absolute atomic E-state index is 15.2. The van der Waals surface area contributed by atoms with Gasteiger partial charge in [0, 0.05) is 29.0 Å². The fourth-order valence-electron chi connectivity index (χ4n) is 4.86.